The monoisotopic (exact) mass is 586 g/mol. The van der Waals surface area contributed by atoms with E-state index in [0.29, 0.717) is 36.5 Å². The van der Waals surface area contributed by atoms with Crippen LogP contribution in [0.15, 0.2) is 66.9 Å². The van der Waals surface area contributed by atoms with Crippen LogP contribution in [0, 0.1) is 5.92 Å². The maximum Gasteiger partial charge on any atom is 0.410 e. The topological polar surface area (TPSA) is 121 Å². The predicted molar refractivity (Wildman–Crippen MR) is 159 cm³/mol. The van der Waals surface area contributed by atoms with Gasteiger partial charge in [-0.3, -0.25) is 9.78 Å². The molecule has 3 aromatic rings. The fourth-order valence-electron chi connectivity index (χ4n) is 6.73. The van der Waals surface area contributed by atoms with Crippen molar-refractivity contribution in [3.63, 3.8) is 0 Å². The molecule has 1 aromatic heterocycles. The summed E-state index contributed by atoms with van der Waals surface area (Å²) in [6.45, 7) is 1.10. The van der Waals surface area contributed by atoms with E-state index in [0.717, 1.165) is 42.4 Å². The Morgan fingerprint density at radius 1 is 1.02 bits per heavy atom. The van der Waals surface area contributed by atoms with Crippen LogP contribution >= 0.6 is 0 Å². The third kappa shape index (κ3) is 6.18. The van der Waals surface area contributed by atoms with E-state index in [1.807, 2.05) is 65.6 Å². The van der Waals surface area contributed by atoms with Crippen LogP contribution < -0.4 is 10.6 Å². The highest BCUT2D eigenvalue weighted by Gasteiger charge is 2.47. The highest BCUT2D eigenvalue weighted by Crippen LogP contribution is 2.44. The van der Waals surface area contributed by atoms with Crippen molar-refractivity contribution in [1.29, 1.82) is 0 Å². The van der Waals surface area contributed by atoms with Crippen molar-refractivity contribution in [1.82, 2.24) is 15.2 Å². The van der Waals surface area contributed by atoms with Crippen molar-refractivity contribution in [3.05, 3.63) is 72.4 Å². The molecule has 224 valence electrons. The van der Waals surface area contributed by atoms with E-state index in [9.17, 15) is 23.9 Å². The molecule has 3 fully saturated rings. The van der Waals surface area contributed by atoms with Crippen LogP contribution in [-0.4, -0.2) is 58.4 Å². The summed E-state index contributed by atoms with van der Waals surface area (Å²) in [5.41, 5.74) is 3.71. The van der Waals surface area contributed by atoms with E-state index in [1.54, 1.807) is 6.20 Å². The molecule has 1 saturated heterocycles. The Bertz CT molecular complexity index is 1480. The van der Waals surface area contributed by atoms with Gasteiger partial charge in [-0.25, -0.2) is 14.0 Å². The van der Waals surface area contributed by atoms with Gasteiger partial charge in [-0.2, -0.15) is 0 Å². The highest BCUT2D eigenvalue weighted by molar-refractivity contribution is 5.93. The van der Waals surface area contributed by atoms with Gasteiger partial charge in [0.05, 0.1) is 29.7 Å². The Morgan fingerprint density at radius 2 is 1.74 bits per heavy atom. The number of aromatic nitrogens is 1. The van der Waals surface area contributed by atoms with E-state index < -0.39 is 17.8 Å². The first-order valence-electron chi connectivity index (χ1n) is 14.8. The molecule has 2 saturated carbocycles. The van der Waals surface area contributed by atoms with Crippen LogP contribution in [0.1, 0.15) is 50.5 Å². The maximum absolute atomic E-state index is 13.8. The highest BCUT2D eigenvalue weighted by atomic mass is 19.1. The molecule has 2 aliphatic carbocycles. The van der Waals surface area contributed by atoms with E-state index in [2.05, 4.69) is 10.6 Å². The number of amides is 3. The number of carbonyl (C=O) groups is 3. The molecule has 3 aliphatic rings. The van der Waals surface area contributed by atoms with Crippen molar-refractivity contribution in [2.45, 2.75) is 62.7 Å². The van der Waals surface area contributed by atoms with Gasteiger partial charge in [0.25, 0.3) is 0 Å². The smallest absolute Gasteiger partial charge is 0.410 e. The number of cyclic esters (lactones) is 1. The van der Waals surface area contributed by atoms with Gasteiger partial charge in [0.2, 0.25) is 5.91 Å². The summed E-state index contributed by atoms with van der Waals surface area (Å²) in [5.74, 6) is 0.196. The average molecular weight is 587 g/mol. The molecular formula is C33H35FN4O5. The Hall–Kier alpha value is -4.47. The SMILES string of the molecule is O=C(C[C@H]1CC[C@H](N2CCOC2=O)CC1)Nc1cnc(-c2ccc([C@]3(NC(=O)O)C[C@H](F)C3)cc2)c(-c2ccccc2)c1. The summed E-state index contributed by atoms with van der Waals surface area (Å²) in [5, 5.41) is 14.8. The second-order valence-electron chi connectivity index (χ2n) is 11.8. The number of hydrogen-bond donors (Lipinski definition) is 3. The quantitative estimate of drug-likeness (QED) is 0.283. The van der Waals surface area contributed by atoms with Crippen molar-refractivity contribution in [2.24, 2.45) is 5.92 Å². The molecule has 1 aliphatic heterocycles. The first-order valence-corrected chi connectivity index (χ1v) is 14.8. The Morgan fingerprint density at radius 3 is 2.37 bits per heavy atom. The van der Waals surface area contributed by atoms with Gasteiger partial charge in [0.15, 0.2) is 0 Å². The lowest BCUT2D eigenvalue weighted by atomic mass is 9.70. The first-order chi connectivity index (χ1) is 20.8. The molecule has 9 nitrogen and oxygen atoms in total. The number of nitrogens with one attached hydrogen (secondary N) is 2. The summed E-state index contributed by atoms with van der Waals surface area (Å²) >= 11 is 0. The lowest BCUT2D eigenvalue weighted by molar-refractivity contribution is -0.117. The second-order valence-corrected chi connectivity index (χ2v) is 11.8. The Balaban J connectivity index is 1.16. The Labute approximate surface area is 249 Å². The summed E-state index contributed by atoms with van der Waals surface area (Å²) in [7, 11) is 0. The van der Waals surface area contributed by atoms with Crippen molar-refractivity contribution in [2.75, 3.05) is 18.5 Å². The van der Waals surface area contributed by atoms with Crippen LogP contribution in [0.5, 0.6) is 0 Å². The largest absolute Gasteiger partial charge is 0.465 e. The molecule has 0 atom stereocenters. The molecule has 43 heavy (non-hydrogen) atoms. The van der Waals surface area contributed by atoms with Crippen LogP contribution in [0.2, 0.25) is 0 Å². The number of halogens is 1. The van der Waals surface area contributed by atoms with Crippen LogP contribution in [0.3, 0.4) is 0 Å². The number of carbonyl (C=O) groups excluding carboxylic acids is 2. The minimum absolute atomic E-state index is 0.0650. The van der Waals surface area contributed by atoms with Gasteiger partial charge in [-0.05, 0) is 48.8 Å². The number of nitrogens with zero attached hydrogens (tertiary/aromatic N) is 2. The van der Waals surface area contributed by atoms with Crippen molar-refractivity contribution in [3.8, 4) is 22.4 Å². The zero-order valence-corrected chi connectivity index (χ0v) is 23.8. The van der Waals surface area contributed by atoms with Gasteiger partial charge < -0.3 is 25.4 Å². The normalized spacial score (nSPS) is 25.0. The van der Waals surface area contributed by atoms with E-state index in [1.165, 1.54) is 0 Å². The summed E-state index contributed by atoms with van der Waals surface area (Å²) < 4.78 is 18.9. The Kier molecular flexibility index (Phi) is 8.01. The van der Waals surface area contributed by atoms with Gasteiger partial charge >= 0.3 is 12.2 Å². The predicted octanol–water partition coefficient (Wildman–Crippen LogP) is 6.35. The zero-order valence-electron chi connectivity index (χ0n) is 23.8. The van der Waals surface area contributed by atoms with E-state index >= 15 is 0 Å². The fourth-order valence-corrected chi connectivity index (χ4v) is 6.73. The first kappa shape index (κ1) is 28.6. The standard InChI is InChI=1S/C33H35FN4O5/c34-25-18-33(19-25,37-31(40)41)24-10-8-23(9-11-24)30-28(22-4-2-1-3-5-22)17-26(20-35-30)36-29(39)16-21-6-12-27(13-7-21)38-14-15-43-32(38)42/h1-5,8-11,17,20-21,25,27,37H,6-7,12-16,18-19H2,(H,36,39)(H,40,41)/t21-,25-,27-,33-. The van der Waals surface area contributed by atoms with Crippen LogP contribution in [-0.2, 0) is 15.1 Å². The zero-order chi connectivity index (χ0) is 30.0. The molecule has 3 amide bonds. The molecule has 0 unspecified atom stereocenters. The molecule has 2 heterocycles. The number of rotatable bonds is 8. The molecule has 2 aromatic carbocycles. The summed E-state index contributed by atoms with van der Waals surface area (Å²) in [4.78, 5) is 42.9. The van der Waals surface area contributed by atoms with E-state index in [4.69, 9.17) is 9.72 Å². The van der Waals surface area contributed by atoms with Crippen molar-refractivity contribution >= 4 is 23.8 Å². The molecule has 6 rings (SSSR count). The number of pyridine rings is 1. The molecule has 10 heteroatoms. The molecular weight excluding hydrogens is 551 g/mol. The number of carboxylic acid groups (broad SMARTS) is 1. The maximum atomic E-state index is 13.8. The van der Waals surface area contributed by atoms with Gasteiger partial charge in [0, 0.05) is 36.4 Å². The average Bonchev–Trinajstić information content (AvgIpc) is 3.42. The molecule has 0 radical (unpaired) electrons. The molecule has 0 bridgehead atoms. The lowest BCUT2D eigenvalue weighted by Crippen LogP contribution is -2.55. The number of ether oxygens (including phenoxy) is 1. The molecule has 0 spiro atoms. The van der Waals surface area contributed by atoms with E-state index in [-0.39, 0.29) is 36.8 Å². The lowest BCUT2D eigenvalue weighted by Gasteiger charge is -2.44. The number of anilines is 1. The molecule has 3 N–H and O–H groups in total. The minimum atomic E-state index is -1.18. The summed E-state index contributed by atoms with van der Waals surface area (Å²) in [6, 6.07) is 19.3. The fraction of sp³-hybridized carbons (Fsp3) is 0.394. The van der Waals surface area contributed by atoms with Crippen LogP contribution in [0.25, 0.3) is 22.4 Å². The number of benzene rings is 2. The van der Waals surface area contributed by atoms with Crippen LogP contribution in [0.4, 0.5) is 19.7 Å². The van der Waals surface area contributed by atoms with Gasteiger partial charge in [-0.15, -0.1) is 0 Å². The third-order valence-electron chi connectivity index (χ3n) is 8.98. The number of alkyl halides is 1. The van der Waals surface area contributed by atoms with Gasteiger partial charge in [0.1, 0.15) is 12.8 Å². The van der Waals surface area contributed by atoms with Gasteiger partial charge in [-0.1, -0.05) is 54.6 Å². The minimum Gasteiger partial charge on any atom is -0.465 e. The van der Waals surface area contributed by atoms with Crippen molar-refractivity contribution < 1.29 is 28.6 Å². The third-order valence-corrected chi connectivity index (χ3v) is 8.98. The number of hydrogen-bond acceptors (Lipinski definition) is 5. The summed E-state index contributed by atoms with van der Waals surface area (Å²) in [6.07, 6.45) is 3.36. The second kappa shape index (κ2) is 12.0.